The molecule has 4 rings (SSSR count). The molecule has 154 valence electrons. The molecule has 1 fully saturated rings. The zero-order valence-electron chi connectivity index (χ0n) is 15.6. The summed E-state index contributed by atoms with van der Waals surface area (Å²) in [5.41, 5.74) is 0.942. The van der Waals surface area contributed by atoms with Gasteiger partial charge in [0.25, 0.3) is 5.91 Å². The molecule has 0 aliphatic carbocycles. The molecule has 1 N–H and O–H groups in total. The van der Waals surface area contributed by atoms with Crippen molar-refractivity contribution in [3.8, 4) is 5.75 Å². The number of morpholine rings is 1. The van der Waals surface area contributed by atoms with Gasteiger partial charge in [-0.1, -0.05) is 18.2 Å². The highest BCUT2D eigenvalue weighted by Crippen LogP contribution is 2.32. The smallest absolute Gasteiger partial charge is 0.251 e. The lowest BCUT2D eigenvalue weighted by Crippen LogP contribution is -2.41. The maximum Gasteiger partial charge on any atom is 0.251 e. The van der Waals surface area contributed by atoms with Gasteiger partial charge in [0.15, 0.2) is 0 Å². The maximum atomic E-state index is 14.4. The van der Waals surface area contributed by atoms with Crippen molar-refractivity contribution in [2.75, 3.05) is 32.9 Å². The van der Waals surface area contributed by atoms with Crippen molar-refractivity contribution in [2.24, 2.45) is 0 Å². The number of nitrogens with one attached hydrogen (secondary N) is 1. The zero-order chi connectivity index (χ0) is 20.4. The number of halogens is 1. The number of fused-ring (bicyclic) bond motifs is 1. The third-order valence-corrected chi connectivity index (χ3v) is 6.96. The minimum atomic E-state index is -4.05. The fourth-order valence-electron chi connectivity index (χ4n) is 3.50. The number of ether oxygens (including phenoxy) is 2. The van der Waals surface area contributed by atoms with Crippen molar-refractivity contribution >= 4 is 15.9 Å². The first-order chi connectivity index (χ1) is 14.0. The molecule has 0 saturated carbocycles. The fraction of sp³-hybridized carbons (Fsp3) is 0.350. The van der Waals surface area contributed by atoms with E-state index in [4.69, 9.17) is 9.47 Å². The van der Waals surface area contributed by atoms with E-state index in [0.717, 1.165) is 17.7 Å². The van der Waals surface area contributed by atoms with Crippen molar-refractivity contribution < 1.29 is 27.1 Å². The van der Waals surface area contributed by atoms with E-state index in [0.29, 0.717) is 18.8 Å². The van der Waals surface area contributed by atoms with Crippen LogP contribution in [-0.4, -0.2) is 51.5 Å². The number of sulfonamides is 1. The lowest BCUT2D eigenvalue weighted by molar-refractivity contribution is 0.0729. The lowest BCUT2D eigenvalue weighted by atomic mass is 10.00. The summed E-state index contributed by atoms with van der Waals surface area (Å²) < 4.78 is 51.9. The Morgan fingerprint density at radius 2 is 1.86 bits per heavy atom. The fourth-order valence-corrected chi connectivity index (χ4v) is 5.00. The van der Waals surface area contributed by atoms with Gasteiger partial charge >= 0.3 is 0 Å². The first-order valence-corrected chi connectivity index (χ1v) is 10.8. The molecule has 1 saturated heterocycles. The van der Waals surface area contributed by atoms with Crippen LogP contribution in [0.25, 0.3) is 0 Å². The second-order valence-corrected chi connectivity index (χ2v) is 8.77. The van der Waals surface area contributed by atoms with E-state index in [1.165, 1.54) is 10.4 Å². The van der Waals surface area contributed by atoms with Gasteiger partial charge in [-0.3, -0.25) is 4.79 Å². The van der Waals surface area contributed by atoms with Crippen LogP contribution in [0.5, 0.6) is 5.75 Å². The van der Waals surface area contributed by atoms with Gasteiger partial charge in [0, 0.05) is 30.6 Å². The second-order valence-electron chi connectivity index (χ2n) is 6.86. The summed E-state index contributed by atoms with van der Waals surface area (Å²) in [6.07, 6.45) is 0.586. The number of rotatable bonds is 4. The van der Waals surface area contributed by atoms with Crippen LogP contribution < -0.4 is 10.1 Å². The molecule has 2 heterocycles. The van der Waals surface area contributed by atoms with Gasteiger partial charge < -0.3 is 14.8 Å². The first-order valence-electron chi connectivity index (χ1n) is 9.37. The zero-order valence-corrected chi connectivity index (χ0v) is 16.5. The van der Waals surface area contributed by atoms with E-state index in [1.807, 2.05) is 24.3 Å². The topological polar surface area (TPSA) is 84.9 Å². The Bertz CT molecular complexity index is 1020. The van der Waals surface area contributed by atoms with Crippen LogP contribution in [0, 0.1) is 5.82 Å². The van der Waals surface area contributed by atoms with E-state index in [-0.39, 0.29) is 37.9 Å². The summed E-state index contributed by atoms with van der Waals surface area (Å²) in [7, 11) is -4.05. The number of hydrogen-bond donors (Lipinski definition) is 1. The third kappa shape index (κ3) is 3.98. The van der Waals surface area contributed by atoms with E-state index >= 15 is 0 Å². The molecule has 7 nitrogen and oxygen atoms in total. The molecule has 2 aromatic carbocycles. The molecule has 0 aromatic heterocycles. The largest absolute Gasteiger partial charge is 0.493 e. The molecule has 0 radical (unpaired) electrons. The van der Waals surface area contributed by atoms with Crippen molar-refractivity contribution in [3.63, 3.8) is 0 Å². The number of hydrogen-bond acceptors (Lipinski definition) is 5. The molecule has 2 aliphatic heterocycles. The maximum absolute atomic E-state index is 14.4. The minimum absolute atomic E-state index is 0.0854. The lowest BCUT2D eigenvalue weighted by Gasteiger charge is -2.27. The van der Waals surface area contributed by atoms with E-state index in [1.54, 1.807) is 0 Å². The number of carbonyl (C=O) groups excluding carboxylic acids is 1. The highest BCUT2D eigenvalue weighted by Gasteiger charge is 2.30. The van der Waals surface area contributed by atoms with Crippen molar-refractivity contribution in [2.45, 2.75) is 17.4 Å². The number of amides is 1. The number of para-hydroxylation sites is 1. The number of carbonyl (C=O) groups is 1. The van der Waals surface area contributed by atoms with Crippen molar-refractivity contribution in [1.82, 2.24) is 9.62 Å². The third-order valence-electron chi connectivity index (χ3n) is 5.05. The molecule has 0 spiro atoms. The summed E-state index contributed by atoms with van der Waals surface area (Å²) in [4.78, 5) is 12.3. The van der Waals surface area contributed by atoms with Crippen LogP contribution in [0.15, 0.2) is 47.4 Å². The monoisotopic (exact) mass is 420 g/mol. The second kappa shape index (κ2) is 8.10. The van der Waals surface area contributed by atoms with Gasteiger partial charge in [0.1, 0.15) is 16.5 Å². The summed E-state index contributed by atoms with van der Waals surface area (Å²) >= 11 is 0. The molecule has 2 aliphatic rings. The predicted molar refractivity (Wildman–Crippen MR) is 103 cm³/mol. The normalized spacial score (nSPS) is 19.8. The van der Waals surface area contributed by atoms with Gasteiger partial charge in [-0.15, -0.1) is 0 Å². The molecule has 29 heavy (non-hydrogen) atoms. The molecule has 2 aromatic rings. The number of benzene rings is 2. The highest BCUT2D eigenvalue weighted by atomic mass is 32.2. The average molecular weight is 420 g/mol. The van der Waals surface area contributed by atoms with Gasteiger partial charge in [-0.25, -0.2) is 12.8 Å². The summed E-state index contributed by atoms with van der Waals surface area (Å²) in [5.74, 6) is -0.645. The Hall–Kier alpha value is -2.49. The Labute approximate surface area is 168 Å². The van der Waals surface area contributed by atoms with Crippen LogP contribution in [0.2, 0.25) is 0 Å². The average Bonchev–Trinajstić information content (AvgIpc) is 2.75. The quantitative estimate of drug-likeness (QED) is 0.819. The van der Waals surface area contributed by atoms with Crippen LogP contribution in [-0.2, 0) is 14.8 Å². The SMILES string of the molecule is O=C(N[C@H]1CCOc2ccccc21)c1ccc(F)c(S(=O)(=O)N2CCOCC2)c1. The summed E-state index contributed by atoms with van der Waals surface area (Å²) in [5, 5.41) is 2.90. The van der Waals surface area contributed by atoms with Gasteiger partial charge in [0.05, 0.1) is 25.9 Å². The van der Waals surface area contributed by atoms with Gasteiger partial charge in [-0.05, 0) is 24.3 Å². The summed E-state index contributed by atoms with van der Waals surface area (Å²) in [6.45, 7) is 1.27. The molecule has 1 amide bonds. The molecular formula is C20H21FN2O5S. The van der Waals surface area contributed by atoms with Crippen molar-refractivity contribution in [3.05, 3.63) is 59.4 Å². The Morgan fingerprint density at radius 3 is 2.66 bits per heavy atom. The van der Waals surface area contributed by atoms with Crippen LogP contribution in [0.4, 0.5) is 4.39 Å². The Kier molecular flexibility index (Phi) is 5.53. The van der Waals surface area contributed by atoms with Gasteiger partial charge in [0.2, 0.25) is 10.0 Å². The van der Waals surface area contributed by atoms with Gasteiger partial charge in [-0.2, -0.15) is 4.31 Å². The molecule has 9 heteroatoms. The number of nitrogens with zero attached hydrogens (tertiary/aromatic N) is 1. The standard InChI is InChI=1S/C20H21FN2O5S/c21-16-6-5-14(13-19(16)29(25,26)23-8-11-27-12-9-23)20(24)22-17-7-10-28-18-4-2-1-3-15(17)18/h1-6,13,17H,7-12H2,(H,22,24)/t17-/m0/s1. The molecular weight excluding hydrogens is 399 g/mol. The molecule has 0 bridgehead atoms. The Morgan fingerprint density at radius 1 is 1.10 bits per heavy atom. The predicted octanol–water partition coefficient (Wildman–Crippen LogP) is 2.10. The first kappa shape index (κ1) is 19.8. The van der Waals surface area contributed by atoms with Crippen molar-refractivity contribution in [1.29, 1.82) is 0 Å². The Balaban J connectivity index is 1.58. The minimum Gasteiger partial charge on any atom is -0.493 e. The van der Waals surface area contributed by atoms with Crippen LogP contribution in [0.1, 0.15) is 28.4 Å². The van der Waals surface area contributed by atoms with E-state index in [9.17, 15) is 17.6 Å². The highest BCUT2D eigenvalue weighted by molar-refractivity contribution is 7.89. The molecule has 1 atom stereocenters. The summed E-state index contributed by atoms with van der Waals surface area (Å²) in [6, 6.07) is 10.5. The molecule has 0 unspecified atom stereocenters. The van der Waals surface area contributed by atoms with E-state index < -0.39 is 26.6 Å². The van der Waals surface area contributed by atoms with Crippen LogP contribution in [0.3, 0.4) is 0 Å². The van der Waals surface area contributed by atoms with Crippen LogP contribution >= 0.6 is 0 Å². The van der Waals surface area contributed by atoms with E-state index in [2.05, 4.69) is 5.32 Å².